The molecule has 5 nitrogen and oxygen atoms in total. The fourth-order valence-corrected chi connectivity index (χ4v) is 2.77. The standard InChI is InChI=1S/C11H15F4N3O2S/c12-9-3-1-4-10(7-9)18(6-2-5-16)21(19,20)17-8-11(13,14)15/h1,3-4,7,17H,2,5-6,8,16H2. The summed E-state index contributed by atoms with van der Waals surface area (Å²) in [5, 5.41) is 0. The maximum absolute atomic E-state index is 13.2. The Hall–Kier alpha value is -1.39. The van der Waals surface area contributed by atoms with Crippen molar-refractivity contribution < 1.29 is 26.0 Å². The van der Waals surface area contributed by atoms with Gasteiger partial charge in [-0.25, -0.2) is 4.39 Å². The van der Waals surface area contributed by atoms with Crippen molar-refractivity contribution >= 4 is 15.9 Å². The average Bonchev–Trinajstić information content (AvgIpc) is 2.36. The number of nitrogens with zero attached hydrogens (tertiary/aromatic N) is 1. The average molecular weight is 329 g/mol. The van der Waals surface area contributed by atoms with Crippen LogP contribution in [0.5, 0.6) is 0 Å². The zero-order valence-electron chi connectivity index (χ0n) is 10.9. The molecule has 21 heavy (non-hydrogen) atoms. The Bertz CT molecular complexity index is 563. The first-order chi connectivity index (χ1) is 9.65. The van der Waals surface area contributed by atoms with E-state index in [0.717, 1.165) is 12.1 Å². The van der Waals surface area contributed by atoms with Gasteiger partial charge in [-0.2, -0.15) is 26.3 Å². The van der Waals surface area contributed by atoms with Crippen molar-refractivity contribution in [3.8, 4) is 0 Å². The van der Waals surface area contributed by atoms with Gasteiger partial charge in [-0.1, -0.05) is 6.07 Å². The number of hydrogen-bond acceptors (Lipinski definition) is 3. The fourth-order valence-electron chi connectivity index (χ4n) is 1.51. The van der Waals surface area contributed by atoms with Gasteiger partial charge in [0.2, 0.25) is 0 Å². The third kappa shape index (κ3) is 5.86. The number of alkyl halides is 3. The summed E-state index contributed by atoms with van der Waals surface area (Å²) in [5.74, 6) is -0.698. The number of halogens is 4. The Labute approximate surface area is 119 Å². The van der Waals surface area contributed by atoms with Gasteiger partial charge < -0.3 is 5.73 Å². The third-order valence-electron chi connectivity index (χ3n) is 2.41. The molecule has 0 aliphatic rings. The zero-order chi connectivity index (χ0) is 16.1. The van der Waals surface area contributed by atoms with Crippen LogP contribution >= 0.6 is 0 Å². The van der Waals surface area contributed by atoms with E-state index in [2.05, 4.69) is 0 Å². The summed E-state index contributed by atoms with van der Waals surface area (Å²) in [6, 6.07) is 4.56. The maximum Gasteiger partial charge on any atom is 0.402 e. The molecule has 0 aromatic heterocycles. The number of benzene rings is 1. The van der Waals surface area contributed by atoms with Gasteiger partial charge in [0, 0.05) is 6.54 Å². The van der Waals surface area contributed by atoms with Crippen LogP contribution in [0.25, 0.3) is 0 Å². The highest BCUT2D eigenvalue weighted by atomic mass is 32.2. The predicted octanol–water partition coefficient (Wildman–Crippen LogP) is 1.38. The van der Waals surface area contributed by atoms with E-state index in [1.165, 1.54) is 16.9 Å². The van der Waals surface area contributed by atoms with Gasteiger partial charge in [0.15, 0.2) is 0 Å². The number of rotatable bonds is 7. The lowest BCUT2D eigenvalue weighted by molar-refractivity contribution is -0.121. The lowest BCUT2D eigenvalue weighted by Gasteiger charge is -2.24. The SMILES string of the molecule is NCCCN(c1cccc(F)c1)S(=O)(=O)NCC(F)(F)F. The van der Waals surface area contributed by atoms with Gasteiger partial charge in [-0.3, -0.25) is 4.31 Å². The second-order valence-corrected chi connectivity index (χ2v) is 5.82. The van der Waals surface area contributed by atoms with Crippen molar-refractivity contribution in [2.24, 2.45) is 5.73 Å². The van der Waals surface area contributed by atoms with Crippen LogP contribution in [-0.4, -0.2) is 34.2 Å². The molecule has 0 spiro atoms. The molecule has 0 atom stereocenters. The number of nitrogens with one attached hydrogen (secondary N) is 1. The van der Waals surface area contributed by atoms with E-state index >= 15 is 0 Å². The van der Waals surface area contributed by atoms with Gasteiger partial charge in [0.25, 0.3) is 0 Å². The molecule has 0 amide bonds. The van der Waals surface area contributed by atoms with Gasteiger partial charge in [-0.15, -0.1) is 0 Å². The Balaban J connectivity index is 3.01. The minimum Gasteiger partial charge on any atom is -0.330 e. The molecule has 1 rings (SSSR count). The van der Waals surface area contributed by atoms with Gasteiger partial charge in [0.05, 0.1) is 5.69 Å². The summed E-state index contributed by atoms with van der Waals surface area (Å²) in [7, 11) is -4.46. The largest absolute Gasteiger partial charge is 0.402 e. The van der Waals surface area contributed by atoms with Crippen LogP contribution < -0.4 is 14.8 Å². The second-order valence-electron chi connectivity index (χ2n) is 4.14. The van der Waals surface area contributed by atoms with E-state index in [0.29, 0.717) is 4.31 Å². The highest BCUT2D eigenvalue weighted by Crippen LogP contribution is 2.20. The Morgan fingerprint density at radius 3 is 2.48 bits per heavy atom. The van der Waals surface area contributed by atoms with Crippen LogP contribution in [-0.2, 0) is 10.2 Å². The Morgan fingerprint density at radius 2 is 1.95 bits per heavy atom. The van der Waals surface area contributed by atoms with Crippen LogP contribution in [0.1, 0.15) is 6.42 Å². The van der Waals surface area contributed by atoms with Crippen molar-refractivity contribution in [3.05, 3.63) is 30.1 Å². The first-order valence-electron chi connectivity index (χ1n) is 5.95. The van der Waals surface area contributed by atoms with Crippen LogP contribution in [0.15, 0.2) is 24.3 Å². The molecule has 0 saturated carbocycles. The van der Waals surface area contributed by atoms with E-state index < -0.39 is 28.7 Å². The monoisotopic (exact) mass is 329 g/mol. The first-order valence-corrected chi connectivity index (χ1v) is 7.39. The van der Waals surface area contributed by atoms with Crippen LogP contribution in [0.2, 0.25) is 0 Å². The highest BCUT2D eigenvalue weighted by molar-refractivity contribution is 7.90. The van der Waals surface area contributed by atoms with E-state index in [1.807, 2.05) is 0 Å². The summed E-state index contributed by atoms with van der Waals surface area (Å²) >= 11 is 0. The summed E-state index contributed by atoms with van der Waals surface area (Å²) in [6.07, 6.45) is -4.47. The van der Waals surface area contributed by atoms with Gasteiger partial charge in [0.1, 0.15) is 12.4 Å². The third-order valence-corrected chi connectivity index (χ3v) is 3.89. The minimum absolute atomic E-state index is 0.0712. The molecule has 0 radical (unpaired) electrons. The number of hydrogen-bond donors (Lipinski definition) is 2. The van der Waals surface area contributed by atoms with Gasteiger partial charge >= 0.3 is 16.4 Å². The Kier molecular flexibility index (Phi) is 5.93. The van der Waals surface area contributed by atoms with Crippen LogP contribution in [0.4, 0.5) is 23.2 Å². The molecule has 0 unspecified atom stereocenters. The quantitative estimate of drug-likeness (QED) is 0.742. The zero-order valence-corrected chi connectivity index (χ0v) is 11.7. The lowest BCUT2D eigenvalue weighted by Crippen LogP contribution is -2.45. The van der Waals surface area contributed by atoms with Crippen molar-refractivity contribution in [3.63, 3.8) is 0 Å². The summed E-state index contributed by atoms with van der Waals surface area (Å²) in [4.78, 5) is 0. The second kappa shape index (κ2) is 7.05. The molecular formula is C11H15F4N3O2S. The van der Waals surface area contributed by atoms with E-state index in [9.17, 15) is 26.0 Å². The molecule has 1 aromatic rings. The molecule has 0 aliphatic carbocycles. The van der Waals surface area contributed by atoms with Crippen molar-refractivity contribution in [2.75, 3.05) is 23.9 Å². The van der Waals surface area contributed by atoms with E-state index in [1.54, 1.807) is 0 Å². The highest BCUT2D eigenvalue weighted by Gasteiger charge is 2.32. The molecule has 1 aromatic carbocycles. The fraction of sp³-hybridized carbons (Fsp3) is 0.455. The van der Waals surface area contributed by atoms with Crippen LogP contribution in [0, 0.1) is 5.82 Å². The topological polar surface area (TPSA) is 75.4 Å². The smallest absolute Gasteiger partial charge is 0.330 e. The molecule has 0 bridgehead atoms. The van der Waals surface area contributed by atoms with Gasteiger partial charge in [-0.05, 0) is 31.2 Å². The van der Waals surface area contributed by atoms with Crippen molar-refractivity contribution in [1.82, 2.24) is 4.72 Å². The predicted molar refractivity (Wildman–Crippen MR) is 70.4 cm³/mol. The van der Waals surface area contributed by atoms with E-state index in [4.69, 9.17) is 5.73 Å². The summed E-state index contributed by atoms with van der Waals surface area (Å²) < 4.78 is 75.6. The lowest BCUT2D eigenvalue weighted by atomic mass is 10.3. The minimum atomic E-state index is -4.69. The normalized spacial score (nSPS) is 12.4. The molecule has 0 saturated heterocycles. The van der Waals surface area contributed by atoms with E-state index in [-0.39, 0.29) is 25.2 Å². The molecular weight excluding hydrogens is 314 g/mol. The molecule has 3 N–H and O–H groups in total. The maximum atomic E-state index is 13.2. The van der Waals surface area contributed by atoms with Crippen LogP contribution in [0.3, 0.4) is 0 Å². The summed E-state index contributed by atoms with van der Waals surface area (Å²) in [6.45, 7) is -1.72. The number of anilines is 1. The summed E-state index contributed by atoms with van der Waals surface area (Å²) in [5.41, 5.74) is 5.20. The van der Waals surface area contributed by atoms with Crippen molar-refractivity contribution in [1.29, 1.82) is 0 Å². The molecule has 0 heterocycles. The van der Waals surface area contributed by atoms with Crippen molar-refractivity contribution in [2.45, 2.75) is 12.6 Å². The molecule has 10 heteroatoms. The number of nitrogens with two attached hydrogens (primary N) is 1. The molecule has 0 fully saturated rings. The molecule has 0 aliphatic heterocycles. The Morgan fingerprint density at radius 1 is 1.29 bits per heavy atom. The molecule has 120 valence electrons. The first kappa shape index (κ1) is 17.7.